The number of pyridine rings is 1. The van der Waals surface area contributed by atoms with Crippen LogP contribution >= 0.6 is 11.6 Å². The Labute approximate surface area is 195 Å². The molecule has 2 aliphatic rings. The lowest BCUT2D eigenvalue weighted by Gasteiger charge is -2.33. The number of fused-ring (bicyclic) bond motifs is 3. The minimum atomic E-state index is -0.745. The lowest BCUT2D eigenvalue weighted by molar-refractivity contribution is 0.0661. The first-order valence-corrected chi connectivity index (χ1v) is 11.2. The quantitative estimate of drug-likeness (QED) is 0.714. The van der Waals surface area contributed by atoms with Gasteiger partial charge in [-0.05, 0) is 37.0 Å². The topological polar surface area (TPSA) is 92.1 Å². The Kier molecular flexibility index (Phi) is 6.71. The summed E-state index contributed by atoms with van der Waals surface area (Å²) in [4.78, 5) is 42.8. The maximum Gasteiger partial charge on any atom is 0.294 e. The number of aromatic hydroxyl groups is 1. The summed E-state index contributed by atoms with van der Waals surface area (Å²) in [7, 11) is 1.55. The monoisotopic (exact) mass is 477 g/mol. The third kappa shape index (κ3) is 4.35. The van der Waals surface area contributed by atoms with Gasteiger partial charge in [0, 0.05) is 45.4 Å². The predicted octanol–water partition coefficient (Wildman–Crippen LogP) is 2.43. The Morgan fingerprint density at radius 1 is 1.09 bits per heavy atom. The summed E-state index contributed by atoms with van der Waals surface area (Å²) in [5.41, 5.74) is 0.292. The Hall–Kier alpha value is -2.91. The van der Waals surface area contributed by atoms with E-state index >= 15 is 0 Å². The number of hydrogen-bond acceptors (Lipinski definition) is 5. The van der Waals surface area contributed by atoms with Gasteiger partial charge in [0.25, 0.3) is 17.4 Å². The van der Waals surface area contributed by atoms with E-state index in [4.69, 9.17) is 16.3 Å². The highest BCUT2D eigenvalue weighted by molar-refractivity contribution is 6.30. The summed E-state index contributed by atoms with van der Waals surface area (Å²) >= 11 is 5.86. The maximum atomic E-state index is 13.5. The van der Waals surface area contributed by atoms with E-state index in [9.17, 15) is 23.9 Å². The summed E-state index contributed by atoms with van der Waals surface area (Å²) < 4.78 is 19.9. The number of halogens is 2. The highest BCUT2D eigenvalue weighted by Crippen LogP contribution is 2.30. The van der Waals surface area contributed by atoms with Crippen LogP contribution in [-0.2, 0) is 24.2 Å². The van der Waals surface area contributed by atoms with Crippen molar-refractivity contribution in [1.29, 1.82) is 0 Å². The third-order valence-electron chi connectivity index (χ3n) is 6.15. The van der Waals surface area contributed by atoms with Crippen molar-refractivity contribution in [3.05, 3.63) is 61.8 Å². The van der Waals surface area contributed by atoms with E-state index < -0.39 is 23.0 Å². The molecule has 0 atom stereocenters. The maximum absolute atomic E-state index is 13.5. The van der Waals surface area contributed by atoms with Gasteiger partial charge in [-0.25, -0.2) is 4.39 Å². The first kappa shape index (κ1) is 23.3. The normalized spacial score (nSPS) is 16.3. The number of amides is 2. The molecule has 10 heteroatoms. The average molecular weight is 478 g/mol. The van der Waals surface area contributed by atoms with E-state index in [0.717, 1.165) is 0 Å². The number of hydrogen-bond donors (Lipinski definition) is 1. The van der Waals surface area contributed by atoms with Gasteiger partial charge in [0.1, 0.15) is 11.5 Å². The fourth-order valence-electron chi connectivity index (χ4n) is 4.45. The van der Waals surface area contributed by atoms with Gasteiger partial charge < -0.3 is 24.2 Å². The molecule has 0 fully saturated rings. The molecular formula is C23H25ClFN3O5. The molecule has 2 aliphatic heterocycles. The molecular weight excluding hydrogens is 453 g/mol. The van der Waals surface area contributed by atoms with Crippen LogP contribution in [-0.4, -0.2) is 64.6 Å². The number of ether oxygens (including phenoxy) is 1. The fourth-order valence-corrected chi connectivity index (χ4v) is 4.65. The van der Waals surface area contributed by atoms with Crippen molar-refractivity contribution in [2.45, 2.75) is 32.4 Å². The van der Waals surface area contributed by atoms with Crippen LogP contribution in [0.3, 0.4) is 0 Å². The van der Waals surface area contributed by atoms with Crippen LogP contribution in [0.2, 0.25) is 5.02 Å². The molecule has 1 aromatic carbocycles. The van der Waals surface area contributed by atoms with Gasteiger partial charge >= 0.3 is 0 Å². The van der Waals surface area contributed by atoms with Crippen LogP contribution in [0.5, 0.6) is 5.75 Å². The van der Waals surface area contributed by atoms with E-state index in [2.05, 4.69) is 0 Å². The minimum absolute atomic E-state index is 0.0541. The molecule has 4 rings (SSSR count). The second-order valence-electron chi connectivity index (χ2n) is 8.22. The number of rotatable bonds is 5. The molecule has 3 heterocycles. The molecule has 8 nitrogen and oxygen atoms in total. The standard InChI is InChI=1S/C23H25ClFN3O5/c1-33-11-10-26-7-2-3-8-28-19(22(26)31)15-6-9-27(21(30)18(15)20(29)23(28)32)13-14-4-5-17(25)16(24)12-14/h4-5,12,29H,2-3,6-11,13H2,1H3. The van der Waals surface area contributed by atoms with E-state index in [-0.39, 0.29) is 35.3 Å². The van der Waals surface area contributed by atoms with Crippen LogP contribution in [0.15, 0.2) is 23.0 Å². The molecule has 0 saturated carbocycles. The molecule has 2 amide bonds. The number of carbonyl (C=O) groups excluding carboxylic acids is 2. The van der Waals surface area contributed by atoms with Gasteiger partial charge in [0.05, 0.1) is 17.2 Å². The zero-order chi connectivity index (χ0) is 23.7. The molecule has 0 aliphatic carbocycles. The summed E-state index contributed by atoms with van der Waals surface area (Å²) in [6.07, 6.45) is 1.67. The van der Waals surface area contributed by atoms with Crippen molar-refractivity contribution >= 4 is 23.4 Å². The second kappa shape index (κ2) is 9.52. The average Bonchev–Trinajstić information content (AvgIpc) is 2.78. The van der Waals surface area contributed by atoms with E-state index in [1.165, 1.54) is 27.7 Å². The fraction of sp³-hybridized carbons (Fsp3) is 0.435. The van der Waals surface area contributed by atoms with Crippen molar-refractivity contribution in [3.63, 3.8) is 0 Å². The van der Waals surface area contributed by atoms with Crippen LogP contribution in [0.1, 0.15) is 44.8 Å². The van der Waals surface area contributed by atoms with Crippen molar-refractivity contribution in [1.82, 2.24) is 14.4 Å². The molecule has 33 heavy (non-hydrogen) atoms. The lowest BCUT2D eigenvalue weighted by atomic mass is 9.94. The molecule has 2 aromatic rings. The highest BCUT2D eigenvalue weighted by atomic mass is 35.5. The molecule has 1 aromatic heterocycles. The van der Waals surface area contributed by atoms with Gasteiger partial charge in [-0.2, -0.15) is 0 Å². The van der Waals surface area contributed by atoms with Gasteiger partial charge in [-0.15, -0.1) is 0 Å². The summed E-state index contributed by atoms with van der Waals surface area (Å²) in [5, 5.41) is 10.6. The Morgan fingerprint density at radius 3 is 2.58 bits per heavy atom. The molecule has 0 spiro atoms. The summed E-state index contributed by atoms with van der Waals surface area (Å²) in [5.74, 6) is -2.09. The molecule has 176 valence electrons. The molecule has 0 unspecified atom stereocenters. The number of nitrogens with zero attached hydrogens (tertiary/aromatic N) is 3. The minimum Gasteiger partial charge on any atom is -0.502 e. The molecule has 0 bridgehead atoms. The highest BCUT2D eigenvalue weighted by Gasteiger charge is 2.36. The van der Waals surface area contributed by atoms with E-state index in [1.807, 2.05) is 0 Å². The van der Waals surface area contributed by atoms with Crippen LogP contribution in [0.25, 0.3) is 0 Å². The number of carbonyl (C=O) groups is 2. The van der Waals surface area contributed by atoms with Crippen molar-refractivity contribution in [2.75, 3.05) is 33.4 Å². The first-order valence-electron chi connectivity index (χ1n) is 10.8. The van der Waals surface area contributed by atoms with Gasteiger partial charge in [-0.3, -0.25) is 14.4 Å². The smallest absolute Gasteiger partial charge is 0.294 e. The van der Waals surface area contributed by atoms with Gasteiger partial charge in [0.15, 0.2) is 5.75 Å². The van der Waals surface area contributed by atoms with Gasteiger partial charge in [0.2, 0.25) is 0 Å². The van der Waals surface area contributed by atoms with Crippen molar-refractivity contribution < 1.29 is 23.8 Å². The second-order valence-corrected chi connectivity index (χ2v) is 8.63. The Bertz CT molecular complexity index is 1170. The Balaban J connectivity index is 1.75. The summed E-state index contributed by atoms with van der Waals surface area (Å²) in [6.45, 7) is 1.94. The first-order chi connectivity index (χ1) is 15.8. The number of aromatic nitrogens is 1. The van der Waals surface area contributed by atoms with Crippen LogP contribution in [0, 0.1) is 5.82 Å². The SMILES string of the molecule is COCCN1CCCCn2c(c3c(c(O)c2=O)C(=O)N(Cc2ccc(F)c(Cl)c2)CC3)C1=O. The lowest BCUT2D eigenvalue weighted by Crippen LogP contribution is -2.45. The largest absolute Gasteiger partial charge is 0.502 e. The predicted molar refractivity (Wildman–Crippen MR) is 119 cm³/mol. The zero-order valence-corrected chi connectivity index (χ0v) is 19.0. The van der Waals surface area contributed by atoms with Crippen molar-refractivity contribution in [3.8, 4) is 5.75 Å². The number of methoxy groups -OCH3 is 1. The molecule has 0 saturated heterocycles. The molecule has 0 radical (unpaired) electrons. The molecule has 1 N–H and O–H groups in total. The van der Waals surface area contributed by atoms with Crippen LogP contribution in [0.4, 0.5) is 4.39 Å². The van der Waals surface area contributed by atoms with E-state index in [0.29, 0.717) is 56.6 Å². The Morgan fingerprint density at radius 2 is 1.85 bits per heavy atom. The number of benzene rings is 1. The summed E-state index contributed by atoms with van der Waals surface area (Å²) in [6, 6.07) is 4.18. The zero-order valence-electron chi connectivity index (χ0n) is 18.3. The van der Waals surface area contributed by atoms with Gasteiger partial charge in [-0.1, -0.05) is 17.7 Å². The third-order valence-corrected chi connectivity index (χ3v) is 6.44. The van der Waals surface area contributed by atoms with Crippen LogP contribution < -0.4 is 5.56 Å². The van der Waals surface area contributed by atoms with E-state index in [1.54, 1.807) is 12.0 Å². The van der Waals surface area contributed by atoms with Crippen molar-refractivity contribution in [2.24, 2.45) is 0 Å².